The Morgan fingerprint density at radius 2 is 1.72 bits per heavy atom. The fourth-order valence-corrected chi connectivity index (χ4v) is 2.31. The largest absolute Gasteiger partial charge is 0.490 e. The normalized spacial score (nSPS) is 16.5. The molecular weight excluding hydrogens is 224 g/mol. The second kappa shape index (κ2) is 7.08. The summed E-state index contributed by atoms with van der Waals surface area (Å²) in [4.78, 5) is 0. The molecule has 0 aromatic heterocycles. The molecule has 1 fully saturated rings. The number of hydrogen-bond donors (Lipinski definition) is 1. The average Bonchev–Trinajstić information content (AvgIpc) is 2.67. The molecule has 0 amide bonds. The Hall–Kier alpha value is -1.46. The maximum Gasteiger partial charge on any atom is 0.119 e. The van der Waals surface area contributed by atoms with Gasteiger partial charge in [-0.15, -0.1) is 0 Å². The Labute approximate surface area is 109 Å². The van der Waals surface area contributed by atoms with Gasteiger partial charge in [0.1, 0.15) is 12.4 Å². The van der Waals surface area contributed by atoms with Gasteiger partial charge < -0.3 is 9.84 Å². The summed E-state index contributed by atoms with van der Waals surface area (Å²) in [7, 11) is 0. The average molecular weight is 244 g/mol. The zero-order valence-corrected chi connectivity index (χ0v) is 10.7. The minimum Gasteiger partial charge on any atom is -0.490 e. The van der Waals surface area contributed by atoms with E-state index in [9.17, 15) is 0 Å². The molecule has 2 heteroatoms. The van der Waals surface area contributed by atoms with E-state index in [0.29, 0.717) is 6.10 Å². The zero-order chi connectivity index (χ0) is 12.6. The van der Waals surface area contributed by atoms with Gasteiger partial charge in [0.15, 0.2) is 0 Å². The molecule has 1 aliphatic carbocycles. The van der Waals surface area contributed by atoms with Crippen LogP contribution in [0.1, 0.15) is 44.1 Å². The van der Waals surface area contributed by atoms with E-state index < -0.39 is 0 Å². The molecule has 18 heavy (non-hydrogen) atoms. The summed E-state index contributed by atoms with van der Waals surface area (Å²) in [6.45, 7) is -0.0969. The summed E-state index contributed by atoms with van der Waals surface area (Å²) in [6.07, 6.45) is 7.97. The van der Waals surface area contributed by atoms with Crippen molar-refractivity contribution in [2.45, 2.75) is 44.6 Å². The van der Waals surface area contributed by atoms with Gasteiger partial charge in [-0.1, -0.05) is 24.7 Å². The number of aliphatic hydroxyl groups is 1. The highest BCUT2D eigenvalue weighted by molar-refractivity contribution is 5.38. The Morgan fingerprint density at radius 1 is 1.06 bits per heavy atom. The first-order chi connectivity index (χ1) is 8.88. The molecule has 1 aromatic carbocycles. The molecule has 1 saturated carbocycles. The topological polar surface area (TPSA) is 29.5 Å². The van der Waals surface area contributed by atoms with Crippen molar-refractivity contribution in [2.24, 2.45) is 0 Å². The second-order valence-electron chi connectivity index (χ2n) is 4.72. The van der Waals surface area contributed by atoms with Crippen LogP contribution >= 0.6 is 0 Å². The number of ether oxygens (including phenoxy) is 1. The van der Waals surface area contributed by atoms with E-state index in [4.69, 9.17) is 9.84 Å². The summed E-state index contributed by atoms with van der Waals surface area (Å²) in [5, 5.41) is 8.63. The van der Waals surface area contributed by atoms with Crippen molar-refractivity contribution in [3.63, 3.8) is 0 Å². The third-order valence-electron chi connectivity index (χ3n) is 3.27. The summed E-state index contributed by atoms with van der Waals surface area (Å²) in [5.74, 6) is 6.45. The first kappa shape index (κ1) is 13.0. The van der Waals surface area contributed by atoms with Crippen LogP contribution in [0.5, 0.6) is 5.75 Å². The molecule has 0 radical (unpaired) electrons. The molecule has 0 saturated heterocycles. The minimum absolute atomic E-state index is 0.0969. The van der Waals surface area contributed by atoms with Crippen LogP contribution in [0.15, 0.2) is 24.3 Å². The molecule has 0 bridgehead atoms. The zero-order valence-electron chi connectivity index (χ0n) is 10.7. The highest BCUT2D eigenvalue weighted by Crippen LogP contribution is 2.22. The van der Waals surface area contributed by atoms with E-state index in [1.807, 2.05) is 24.3 Å². The van der Waals surface area contributed by atoms with Gasteiger partial charge in [-0.05, 0) is 49.9 Å². The van der Waals surface area contributed by atoms with E-state index in [0.717, 1.165) is 11.3 Å². The lowest BCUT2D eigenvalue weighted by Crippen LogP contribution is -2.14. The van der Waals surface area contributed by atoms with Crippen LogP contribution in [0, 0.1) is 11.8 Å². The van der Waals surface area contributed by atoms with E-state index in [1.165, 1.54) is 38.5 Å². The Morgan fingerprint density at radius 3 is 2.33 bits per heavy atom. The third-order valence-corrected chi connectivity index (χ3v) is 3.27. The molecule has 2 nitrogen and oxygen atoms in total. The van der Waals surface area contributed by atoms with Crippen LogP contribution < -0.4 is 4.74 Å². The Kier molecular flexibility index (Phi) is 5.11. The molecule has 0 unspecified atom stereocenters. The Bertz CT molecular complexity index is 403. The summed E-state index contributed by atoms with van der Waals surface area (Å²) in [6, 6.07) is 7.81. The molecule has 2 rings (SSSR count). The molecule has 0 aliphatic heterocycles. The maximum absolute atomic E-state index is 8.63. The standard InChI is InChI=1S/C16H20O2/c17-13-5-6-14-9-11-16(12-10-14)18-15-7-3-1-2-4-8-15/h9-12,15,17H,1-4,7-8,13H2. The van der Waals surface area contributed by atoms with Crippen LogP contribution in [-0.2, 0) is 0 Å². The number of benzene rings is 1. The monoisotopic (exact) mass is 244 g/mol. The van der Waals surface area contributed by atoms with Crippen molar-refractivity contribution in [2.75, 3.05) is 6.61 Å². The summed E-state index contributed by atoms with van der Waals surface area (Å²) in [5.41, 5.74) is 0.914. The van der Waals surface area contributed by atoms with Crippen molar-refractivity contribution >= 4 is 0 Å². The quantitative estimate of drug-likeness (QED) is 0.639. The van der Waals surface area contributed by atoms with E-state index in [1.54, 1.807) is 0 Å². The van der Waals surface area contributed by atoms with Crippen LogP contribution in [-0.4, -0.2) is 17.8 Å². The smallest absolute Gasteiger partial charge is 0.119 e. The maximum atomic E-state index is 8.63. The van der Waals surface area contributed by atoms with Crippen LogP contribution in [0.25, 0.3) is 0 Å². The summed E-state index contributed by atoms with van der Waals surface area (Å²) >= 11 is 0. The fourth-order valence-electron chi connectivity index (χ4n) is 2.31. The van der Waals surface area contributed by atoms with Gasteiger partial charge in [-0.2, -0.15) is 0 Å². The molecular formula is C16H20O2. The van der Waals surface area contributed by atoms with Gasteiger partial charge in [0.2, 0.25) is 0 Å². The van der Waals surface area contributed by atoms with Crippen molar-refractivity contribution in [1.82, 2.24) is 0 Å². The molecule has 1 aliphatic rings. The van der Waals surface area contributed by atoms with Gasteiger partial charge in [-0.25, -0.2) is 0 Å². The second-order valence-corrected chi connectivity index (χ2v) is 4.72. The van der Waals surface area contributed by atoms with E-state index >= 15 is 0 Å². The molecule has 0 atom stereocenters. The molecule has 1 aromatic rings. The van der Waals surface area contributed by atoms with Gasteiger partial charge in [0.05, 0.1) is 6.10 Å². The molecule has 96 valence electrons. The first-order valence-electron chi connectivity index (χ1n) is 6.75. The SMILES string of the molecule is OCC#Cc1ccc(OC2CCCCCC2)cc1. The number of aliphatic hydroxyl groups excluding tert-OH is 1. The minimum atomic E-state index is -0.0969. The molecule has 0 heterocycles. The predicted octanol–water partition coefficient (Wildman–Crippen LogP) is 3.13. The van der Waals surface area contributed by atoms with Gasteiger partial charge in [0, 0.05) is 5.56 Å². The highest BCUT2D eigenvalue weighted by atomic mass is 16.5. The van der Waals surface area contributed by atoms with Crippen molar-refractivity contribution in [3.05, 3.63) is 29.8 Å². The predicted molar refractivity (Wildman–Crippen MR) is 72.5 cm³/mol. The molecule has 0 spiro atoms. The van der Waals surface area contributed by atoms with Crippen LogP contribution in [0.3, 0.4) is 0 Å². The first-order valence-corrected chi connectivity index (χ1v) is 6.75. The molecule has 1 N–H and O–H groups in total. The Balaban J connectivity index is 1.92. The number of rotatable bonds is 2. The lowest BCUT2D eigenvalue weighted by atomic mass is 10.1. The van der Waals surface area contributed by atoms with E-state index in [-0.39, 0.29) is 6.61 Å². The van der Waals surface area contributed by atoms with Crippen LogP contribution in [0.4, 0.5) is 0 Å². The van der Waals surface area contributed by atoms with Crippen molar-refractivity contribution in [3.8, 4) is 17.6 Å². The van der Waals surface area contributed by atoms with Crippen molar-refractivity contribution in [1.29, 1.82) is 0 Å². The highest BCUT2D eigenvalue weighted by Gasteiger charge is 2.13. The van der Waals surface area contributed by atoms with Gasteiger partial charge in [0.25, 0.3) is 0 Å². The lowest BCUT2D eigenvalue weighted by Gasteiger charge is -2.16. The lowest BCUT2D eigenvalue weighted by molar-refractivity contribution is 0.184. The van der Waals surface area contributed by atoms with Gasteiger partial charge >= 0.3 is 0 Å². The van der Waals surface area contributed by atoms with Crippen molar-refractivity contribution < 1.29 is 9.84 Å². The fraction of sp³-hybridized carbons (Fsp3) is 0.500. The van der Waals surface area contributed by atoms with Gasteiger partial charge in [-0.3, -0.25) is 0 Å². The summed E-state index contributed by atoms with van der Waals surface area (Å²) < 4.78 is 6.00. The van der Waals surface area contributed by atoms with Crippen LogP contribution in [0.2, 0.25) is 0 Å². The van der Waals surface area contributed by atoms with E-state index in [2.05, 4.69) is 11.8 Å². The third kappa shape index (κ3) is 4.09. The number of hydrogen-bond acceptors (Lipinski definition) is 2.